The maximum absolute atomic E-state index is 12.1. The molecule has 54 heavy (non-hydrogen) atoms. The highest BCUT2D eigenvalue weighted by atomic mass is 16.7. The van der Waals surface area contributed by atoms with E-state index in [2.05, 4.69) is 27.7 Å². The van der Waals surface area contributed by atoms with Crippen molar-refractivity contribution in [3.8, 4) is 0 Å². The standard InChI is InChI=1S/C39H64O15/c1-16-7-10-39(49-15-16)17(2)25-34(54-39)28(44)26-19-6-5-18-11-22(21(42)12-38(18,4)20(19)8-9-37(25,26)3)50-35-32(48)30(46)33(24(14-41)52-35)53-36-31(47)29(45)27(43)23(13-40)51-36/h16-36,40-48H,5-15H2,1-4H3/t16-,17-,18+,19-,20+,21-,22-,23-,24-,25+,26-,27-,28+,29+,30-,31-,32-,33-,34+,35-,36+,37-,38+,39-/m0/s1. The Morgan fingerprint density at radius 1 is 0.685 bits per heavy atom. The van der Waals surface area contributed by atoms with Crippen molar-refractivity contribution in [3.05, 3.63) is 0 Å². The summed E-state index contributed by atoms with van der Waals surface area (Å²) in [5.74, 6) is 1.19. The minimum atomic E-state index is -1.76. The lowest BCUT2D eigenvalue weighted by molar-refractivity contribution is -0.366. The Morgan fingerprint density at radius 3 is 2.06 bits per heavy atom. The summed E-state index contributed by atoms with van der Waals surface area (Å²) >= 11 is 0. The smallest absolute Gasteiger partial charge is 0.187 e. The van der Waals surface area contributed by atoms with E-state index in [1.165, 1.54) is 0 Å². The molecule has 310 valence electrons. The van der Waals surface area contributed by atoms with Crippen LogP contribution in [0.15, 0.2) is 0 Å². The largest absolute Gasteiger partial charge is 0.394 e. The highest BCUT2D eigenvalue weighted by molar-refractivity contribution is 5.19. The topological polar surface area (TPSA) is 237 Å². The molecule has 0 unspecified atom stereocenters. The van der Waals surface area contributed by atoms with Gasteiger partial charge in [-0.3, -0.25) is 0 Å². The van der Waals surface area contributed by atoms with Crippen LogP contribution >= 0.6 is 0 Å². The molecule has 4 saturated carbocycles. The molecule has 15 heteroatoms. The van der Waals surface area contributed by atoms with Gasteiger partial charge in [-0.05, 0) is 85.4 Å². The molecule has 0 aromatic carbocycles. The highest BCUT2D eigenvalue weighted by Gasteiger charge is 2.72. The zero-order valence-corrected chi connectivity index (χ0v) is 31.9. The van der Waals surface area contributed by atoms with Gasteiger partial charge in [-0.1, -0.05) is 27.7 Å². The van der Waals surface area contributed by atoms with E-state index >= 15 is 0 Å². The fourth-order valence-electron chi connectivity index (χ4n) is 13.3. The van der Waals surface area contributed by atoms with Gasteiger partial charge in [0, 0.05) is 18.3 Å². The summed E-state index contributed by atoms with van der Waals surface area (Å²) in [7, 11) is 0. The van der Waals surface area contributed by atoms with Crippen LogP contribution in [0.4, 0.5) is 0 Å². The summed E-state index contributed by atoms with van der Waals surface area (Å²) < 4.78 is 36.5. The van der Waals surface area contributed by atoms with E-state index in [9.17, 15) is 46.0 Å². The summed E-state index contributed by atoms with van der Waals surface area (Å²) in [6, 6.07) is 0. The number of fused-ring (bicyclic) bond motifs is 7. The average Bonchev–Trinajstić information content (AvgIpc) is 3.56. The van der Waals surface area contributed by atoms with Crippen LogP contribution in [0.3, 0.4) is 0 Å². The van der Waals surface area contributed by atoms with Crippen molar-refractivity contribution >= 4 is 0 Å². The lowest BCUT2D eigenvalue weighted by atomic mass is 9.44. The van der Waals surface area contributed by atoms with Gasteiger partial charge < -0.3 is 74.4 Å². The van der Waals surface area contributed by atoms with Gasteiger partial charge in [0.1, 0.15) is 48.8 Å². The van der Waals surface area contributed by atoms with E-state index < -0.39 is 98.7 Å². The Hall–Kier alpha value is -0.600. The molecule has 15 nitrogen and oxygen atoms in total. The van der Waals surface area contributed by atoms with Crippen LogP contribution in [0.25, 0.3) is 0 Å². The number of hydrogen-bond acceptors (Lipinski definition) is 15. The van der Waals surface area contributed by atoms with Crippen LogP contribution < -0.4 is 0 Å². The third-order valence-corrected chi connectivity index (χ3v) is 16.2. The SMILES string of the molecule is C[C@H]1CC[C@]2(OC1)O[C@H]1[C@H](O)[C@@H]3[C@H]4CC[C@@H]5C[C@H](O[C@H]6O[C@@H](CO)[C@H](O[C@H]7O[C@@H](CO)[C@H](O)[C@@H](O)[C@@H]7O)[C@@H](O)[C@@H]6O)[C@@H](O)C[C@@]5(C)[C@@H]4CC[C@@]3(C)[C@@H]1[C@@H]2C. The first-order chi connectivity index (χ1) is 25.6. The first-order valence-corrected chi connectivity index (χ1v) is 20.5. The molecule has 0 amide bonds. The molecular weight excluding hydrogens is 708 g/mol. The first-order valence-electron chi connectivity index (χ1n) is 20.5. The number of aliphatic hydroxyl groups is 9. The molecular formula is C39H64O15. The summed E-state index contributed by atoms with van der Waals surface area (Å²) in [4.78, 5) is 0. The fraction of sp³-hybridized carbons (Fsp3) is 1.00. The van der Waals surface area contributed by atoms with Crippen LogP contribution in [0.2, 0.25) is 0 Å². The third-order valence-electron chi connectivity index (χ3n) is 16.2. The molecule has 1 spiro atoms. The normalized spacial score (nSPS) is 60.1. The quantitative estimate of drug-likeness (QED) is 0.153. The maximum atomic E-state index is 12.1. The van der Waals surface area contributed by atoms with Crippen molar-refractivity contribution in [3.63, 3.8) is 0 Å². The molecule has 8 fully saturated rings. The molecule has 8 aliphatic rings. The Kier molecular flexibility index (Phi) is 10.9. The number of rotatable bonds is 6. The molecule has 0 aromatic rings. The van der Waals surface area contributed by atoms with E-state index in [4.69, 9.17) is 28.4 Å². The van der Waals surface area contributed by atoms with Crippen molar-refractivity contribution in [2.45, 2.75) is 171 Å². The molecule has 4 aliphatic carbocycles. The molecule has 0 aromatic heterocycles. The summed E-state index contributed by atoms with van der Waals surface area (Å²) in [5, 5.41) is 96.6. The summed E-state index contributed by atoms with van der Waals surface area (Å²) in [5.41, 5.74) is -0.285. The second kappa shape index (κ2) is 14.6. The molecule has 9 N–H and O–H groups in total. The van der Waals surface area contributed by atoms with E-state index in [0.29, 0.717) is 37.2 Å². The Morgan fingerprint density at radius 2 is 1.37 bits per heavy atom. The van der Waals surface area contributed by atoms with Crippen molar-refractivity contribution in [2.24, 2.45) is 52.3 Å². The van der Waals surface area contributed by atoms with Crippen LogP contribution in [0, 0.1) is 52.3 Å². The average molecular weight is 773 g/mol. The molecule has 4 aliphatic heterocycles. The summed E-state index contributed by atoms with van der Waals surface area (Å²) in [6.45, 7) is 8.47. The fourth-order valence-corrected chi connectivity index (χ4v) is 13.3. The Bertz CT molecular complexity index is 1330. The van der Waals surface area contributed by atoms with Crippen LogP contribution in [-0.4, -0.2) is 157 Å². The predicted molar refractivity (Wildman–Crippen MR) is 186 cm³/mol. The van der Waals surface area contributed by atoms with E-state index in [1.54, 1.807) is 0 Å². The Balaban J connectivity index is 0.925. The predicted octanol–water partition coefficient (Wildman–Crippen LogP) is -0.616. The van der Waals surface area contributed by atoms with E-state index in [0.717, 1.165) is 38.5 Å². The minimum Gasteiger partial charge on any atom is -0.394 e. The third kappa shape index (κ3) is 6.09. The maximum Gasteiger partial charge on any atom is 0.187 e. The zero-order chi connectivity index (χ0) is 38.6. The molecule has 0 bridgehead atoms. The molecule has 24 atom stereocenters. The van der Waals surface area contributed by atoms with Gasteiger partial charge in [0.15, 0.2) is 18.4 Å². The monoisotopic (exact) mass is 772 g/mol. The lowest BCUT2D eigenvalue weighted by Crippen LogP contribution is -2.65. The molecule has 4 heterocycles. The van der Waals surface area contributed by atoms with Crippen LogP contribution in [0.1, 0.15) is 79.1 Å². The lowest BCUT2D eigenvalue weighted by Gasteiger charge is -2.62. The Labute approximate surface area is 316 Å². The summed E-state index contributed by atoms with van der Waals surface area (Å²) in [6.07, 6.45) is -11.2. The van der Waals surface area contributed by atoms with Crippen LogP contribution in [-0.2, 0) is 28.4 Å². The van der Waals surface area contributed by atoms with Crippen molar-refractivity contribution in [1.29, 1.82) is 0 Å². The zero-order valence-electron chi connectivity index (χ0n) is 31.9. The van der Waals surface area contributed by atoms with Crippen molar-refractivity contribution < 1.29 is 74.4 Å². The van der Waals surface area contributed by atoms with Gasteiger partial charge in [-0.2, -0.15) is 0 Å². The molecule has 0 radical (unpaired) electrons. The first kappa shape index (κ1) is 40.2. The van der Waals surface area contributed by atoms with Gasteiger partial charge in [-0.25, -0.2) is 0 Å². The second-order valence-electron chi connectivity index (χ2n) is 19.0. The van der Waals surface area contributed by atoms with Crippen LogP contribution in [0.5, 0.6) is 0 Å². The molecule has 4 saturated heterocycles. The number of aliphatic hydroxyl groups excluding tert-OH is 9. The molecule has 8 rings (SSSR count). The van der Waals surface area contributed by atoms with E-state index in [-0.39, 0.29) is 40.6 Å². The van der Waals surface area contributed by atoms with Gasteiger partial charge in [-0.15, -0.1) is 0 Å². The number of hydrogen-bond donors (Lipinski definition) is 9. The second-order valence-corrected chi connectivity index (χ2v) is 19.0. The van der Waals surface area contributed by atoms with Crippen molar-refractivity contribution in [2.75, 3.05) is 19.8 Å². The van der Waals surface area contributed by atoms with E-state index in [1.807, 2.05) is 0 Å². The highest BCUT2D eigenvalue weighted by Crippen LogP contribution is 2.71. The number of ether oxygens (including phenoxy) is 6. The van der Waals surface area contributed by atoms with Gasteiger partial charge in [0.25, 0.3) is 0 Å². The van der Waals surface area contributed by atoms with Gasteiger partial charge in [0.05, 0.1) is 44.2 Å². The van der Waals surface area contributed by atoms with Crippen molar-refractivity contribution in [1.82, 2.24) is 0 Å². The van der Waals surface area contributed by atoms with Gasteiger partial charge >= 0.3 is 0 Å². The van der Waals surface area contributed by atoms with Gasteiger partial charge in [0.2, 0.25) is 0 Å². The minimum absolute atomic E-state index is 0.0777.